The van der Waals surface area contributed by atoms with E-state index in [9.17, 15) is 4.79 Å². The molecule has 5 heteroatoms. The van der Waals surface area contributed by atoms with Crippen LogP contribution >= 0.6 is 23.2 Å². The van der Waals surface area contributed by atoms with Crippen molar-refractivity contribution in [3.8, 4) is 5.75 Å². The molecule has 0 bridgehead atoms. The van der Waals surface area contributed by atoms with Crippen molar-refractivity contribution in [2.24, 2.45) is 0 Å². The average molecular weight is 310 g/mol. The lowest BCUT2D eigenvalue weighted by Gasteiger charge is -2.12. The van der Waals surface area contributed by atoms with Crippen LogP contribution in [0.25, 0.3) is 0 Å². The van der Waals surface area contributed by atoms with Gasteiger partial charge in [-0.2, -0.15) is 0 Å². The summed E-state index contributed by atoms with van der Waals surface area (Å²) >= 11 is 11.5. The van der Waals surface area contributed by atoms with E-state index in [-0.39, 0.29) is 16.8 Å². The zero-order valence-electron chi connectivity index (χ0n) is 10.9. The zero-order chi connectivity index (χ0) is 14.5. The highest BCUT2D eigenvalue weighted by Gasteiger charge is 2.17. The van der Waals surface area contributed by atoms with Crippen LogP contribution in [0.2, 0.25) is 5.15 Å². The van der Waals surface area contributed by atoms with Gasteiger partial charge < -0.3 is 4.74 Å². The van der Waals surface area contributed by atoms with Gasteiger partial charge in [-0.25, -0.2) is 4.98 Å². The van der Waals surface area contributed by atoms with Crippen LogP contribution in [0.5, 0.6) is 5.75 Å². The number of aromatic nitrogens is 1. The Kier molecular flexibility index (Phi) is 4.99. The molecule has 1 aromatic carbocycles. The number of aryl methyl sites for hydroxylation is 1. The molecule has 0 saturated heterocycles. The number of nitrogens with zero attached hydrogens (tertiary/aromatic N) is 1. The standard InChI is InChI=1S/C15H13Cl2NO2/c1-10-15(12(19)8-16)13(7-14(17)18-10)20-9-11-5-3-2-4-6-11/h2-7H,8-9H2,1H3. The highest BCUT2D eigenvalue weighted by atomic mass is 35.5. The molecule has 1 heterocycles. The van der Waals surface area contributed by atoms with Gasteiger partial charge in [-0.05, 0) is 12.5 Å². The summed E-state index contributed by atoms with van der Waals surface area (Å²) in [4.78, 5) is 15.9. The summed E-state index contributed by atoms with van der Waals surface area (Å²) in [7, 11) is 0. The van der Waals surface area contributed by atoms with E-state index in [1.165, 1.54) is 6.07 Å². The van der Waals surface area contributed by atoms with Crippen molar-refractivity contribution >= 4 is 29.0 Å². The third-order valence-electron chi connectivity index (χ3n) is 2.77. The predicted molar refractivity (Wildman–Crippen MR) is 79.8 cm³/mol. The van der Waals surface area contributed by atoms with Crippen molar-refractivity contribution in [2.75, 3.05) is 5.88 Å². The monoisotopic (exact) mass is 309 g/mol. The van der Waals surface area contributed by atoms with Gasteiger partial charge in [0.1, 0.15) is 17.5 Å². The first kappa shape index (κ1) is 14.8. The van der Waals surface area contributed by atoms with Crippen LogP contribution in [0.15, 0.2) is 36.4 Å². The van der Waals surface area contributed by atoms with Crippen molar-refractivity contribution < 1.29 is 9.53 Å². The van der Waals surface area contributed by atoms with E-state index in [2.05, 4.69) is 4.98 Å². The first-order valence-corrected chi connectivity index (χ1v) is 6.96. The first-order chi connectivity index (χ1) is 9.61. The van der Waals surface area contributed by atoms with Crippen LogP contribution in [0, 0.1) is 6.92 Å². The maximum absolute atomic E-state index is 11.9. The summed E-state index contributed by atoms with van der Waals surface area (Å²) in [6, 6.07) is 11.2. The Hall–Kier alpha value is -1.58. The molecule has 0 spiro atoms. The van der Waals surface area contributed by atoms with Crippen molar-refractivity contribution in [3.05, 3.63) is 58.4 Å². The molecular formula is C15H13Cl2NO2. The number of pyridine rings is 1. The molecule has 0 unspecified atom stereocenters. The summed E-state index contributed by atoms with van der Waals surface area (Å²) in [5.74, 6) is 0.0691. The molecule has 0 N–H and O–H groups in total. The minimum atomic E-state index is -0.226. The number of carbonyl (C=O) groups is 1. The second-order valence-electron chi connectivity index (χ2n) is 4.23. The lowest BCUT2D eigenvalue weighted by Crippen LogP contribution is -2.09. The number of carbonyl (C=O) groups excluding carboxylic acids is 1. The van der Waals surface area contributed by atoms with Gasteiger partial charge in [0.05, 0.1) is 17.1 Å². The van der Waals surface area contributed by atoms with Crippen LogP contribution in [-0.4, -0.2) is 16.6 Å². The van der Waals surface area contributed by atoms with Crippen molar-refractivity contribution in [2.45, 2.75) is 13.5 Å². The number of ketones is 1. The van der Waals surface area contributed by atoms with Crippen LogP contribution in [-0.2, 0) is 6.61 Å². The van der Waals surface area contributed by atoms with E-state index in [0.717, 1.165) is 5.56 Å². The van der Waals surface area contributed by atoms with Crippen molar-refractivity contribution in [1.82, 2.24) is 4.98 Å². The van der Waals surface area contributed by atoms with Gasteiger partial charge in [0.2, 0.25) is 0 Å². The number of benzene rings is 1. The quantitative estimate of drug-likeness (QED) is 0.475. The molecule has 3 nitrogen and oxygen atoms in total. The van der Waals surface area contributed by atoms with E-state index >= 15 is 0 Å². The first-order valence-electron chi connectivity index (χ1n) is 6.05. The van der Waals surface area contributed by atoms with Gasteiger partial charge in [0.15, 0.2) is 5.78 Å². The van der Waals surface area contributed by atoms with E-state index in [4.69, 9.17) is 27.9 Å². The summed E-state index contributed by atoms with van der Waals surface area (Å²) in [6.07, 6.45) is 0. The van der Waals surface area contributed by atoms with Crippen LogP contribution < -0.4 is 4.74 Å². The average Bonchev–Trinajstić information content (AvgIpc) is 2.45. The number of halogens is 2. The Bertz CT molecular complexity index is 615. The zero-order valence-corrected chi connectivity index (χ0v) is 12.4. The van der Waals surface area contributed by atoms with Crippen LogP contribution in [0.1, 0.15) is 21.6 Å². The number of Topliss-reactive ketones (excluding diaryl/α,β-unsaturated/α-hetero) is 1. The molecule has 0 fully saturated rings. The van der Waals surface area contributed by atoms with E-state index in [1.54, 1.807) is 6.92 Å². The van der Waals surface area contributed by atoms with Crippen molar-refractivity contribution in [1.29, 1.82) is 0 Å². The highest BCUT2D eigenvalue weighted by Crippen LogP contribution is 2.26. The number of hydrogen-bond acceptors (Lipinski definition) is 3. The minimum absolute atomic E-state index is 0.119. The predicted octanol–water partition coefficient (Wildman–Crippen LogP) is 4.04. The molecule has 104 valence electrons. The van der Waals surface area contributed by atoms with Gasteiger partial charge >= 0.3 is 0 Å². The summed E-state index contributed by atoms with van der Waals surface area (Å²) in [5, 5.41) is 0.289. The highest BCUT2D eigenvalue weighted by molar-refractivity contribution is 6.32. The van der Waals surface area contributed by atoms with E-state index in [1.807, 2.05) is 30.3 Å². The van der Waals surface area contributed by atoms with Gasteiger partial charge in [0, 0.05) is 6.07 Å². The van der Waals surface area contributed by atoms with Crippen LogP contribution in [0.3, 0.4) is 0 Å². The Morgan fingerprint density at radius 2 is 2.00 bits per heavy atom. The normalized spacial score (nSPS) is 10.3. The largest absolute Gasteiger partial charge is 0.488 e. The lowest BCUT2D eigenvalue weighted by atomic mass is 10.1. The Balaban J connectivity index is 2.28. The van der Waals surface area contributed by atoms with Crippen molar-refractivity contribution in [3.63, 3.8) is 0 Å². The van der Waals surface area contributed by atoms with E-state index in [0.29, 0.717) is 23.6 Å². The second-order valence-corrected chi connectivity index (χ2v) is 4.89. The number of alkyl halides is 1. The summed E-state index contributed by atoms with van der Waals surface area (Å²) < 4.78 is 5.70. The SMILES string of the molecule is Cc1nc(Cl)cc(OCc2ccccc2)c1C(=O)CCl. The molecule has 2 aromatic rings. The van der Waals surface area contributed by atoms with Gasteiger partial charge in [-0.3, -0.25) is 4.79 Å². The van der Waals surface area contributed by atoms with Gasteiger partial charge in [-0.15, -0.1) is 11.6 Å². The molecule has 2 rings (SSSR count). The molecule has 0 aliphatic rings. The molecule has 0 aliphatic carbocycles. The minimum Gasteiger partial charge on any atom is -0.488 e. The summed E-state index contributed by atoms with van der Waals surface area (Å²) in [5.41, 5.74) is 1.91. The number of rotatable bonds is 5. The second kappa shape index (κ2) is 6.73. The fraction of sp³-hybridized carbons (Fsp3) is 0.200. The molecule has 20 heavy (non-hydrogen) atoms. The third-order valence-corrected chi connectivity index (χ3v) is 3.21. The number of hydrogen-bond donors (Lipinski definition) is 0. The molecule has 0 saturated carbocycles. The Labute approximate surface area is 127 Å². The smallest absolute Gasteiger partial charge is 0.183 e. The molecule has 0 radical (unpaired) electrons. The molecule has 0 aliphatic heterocycles. The maximum atomic E-state index is 11.9. The molecule has 0 atom stereocenters. The van der Waals surface area contributed by atoms with E-state index < -0.39 is 0 Å². The lowest BCUT2D eigenvalue weighted by molar-refractivity contribution is 0.101. The fourth-order valence-corrected chi connectivity index (χ4v) is 2.22. The fourth-order valence-electron chi connectivity index (χ4n) is 1.86. The Morgan fingerprint density at radius 1 is 1.30 bits per heavy atom. The molecular weight excluding hydrogens is 297 g/mol. The summed E-state index contributed by atoms with van der Waals surface area (Å²) in [6.45, 7) is 2.06. The van der Waals surface area contributed by atoms with Gasteiger partial charge in [-0.1, -0.05) is 41.9 Å². The van der Waals surface area contributed by atoms with Gasteiger partial charge in [0.25, 0.3) is 0 Å². The molecule has 1 aromatic heterocycles. The Morgan fingerprint density at radius 3 is 2.65 bits per heavy atom. The maximum Gasteiger partial charge on any atom is 0.183 e. The topological polar surface area (TPSA) is 39.2 Å². The number of ether oxygens (including phenoxy) is 1. The van der Waals surface area contributed by atoms with Crippen LogP contribution in [0.4, 0.5) is 0 Å². The third kappa shape index (κ3) is 3.50. The molecule has 0 amide bonds.